The summed E-state index contributed by atoms with van der Waals surface area (Å²) in [6.45, 7) is 11.8. The van der Waals surface area contributed by atoms with Crippen molar-refractivity contribution in [3.05, 3.63) is 11.6 Å². The fourth-order valence-corrected chi connectivity index (χ4v) is 9.91. The van der Waals surface area contributed by atoms with Crippen LogP contribution in [0.25, 0.3) is 0 Å². The molecule has 0 aromatic carbocycles. The zero-order valence-corrected chi connectivity index (χ0v) is 19.9. The summed E-state index contributed by atoms with van der Waals surface area (Å²) < 4.78 is 0. The van der Waals surface area contributed by atoms with Gasteiger partial charge in [0.15, 0.2) is 0 Å². The lowest BCUT2D eigenvalue weighted by Gasteiger charge is -2.58. The van der Waals surface area contributed by atoms with Crippen LogP contribution in [0.2, 0.25) is 0 Å². The van der Waals surface area contributed by atoms with Gasteiger partial charge in [-0.1, -0.05) is 32.4 Å². The second kappa shape index (κ2) is 7.85. The van der Waals surface area contributed by atoms with Crippen molar-refractivity contribution in [1.82, 2.24) is 4.90 Å². The molecule has 1 saturated heterocycles. The van der Waals surface area contributed by atoms with E-state index in [0.29, 0.717) is 10.8 Å². The smallest absolute Gasteiger partial charge is 0.0577 e. The fraction of sp³-hybridized carbons (Fsp3) is 0.923. The van der Waals surface area contributed by atoms with E-state index in [9.17, 15) is 5.11 Å². The summed E-state index contributed by atoms with van der Waals surface area (Å²) >= 11 is 2.13. The number of thioether (sulfide) groups is 1. The molecule has 5 rings (SSSR count). The van der Waals surface area contributed by atoms with Crippen LogP contribution in [0.4, 0.5) is 0 Å². The van der Waals surface area contributed by atoms with E-state index in [4.69, 9.17) is 0 Å². The second-order valence-electron chi connectivity index (χ2n) is 11.8. The van der Waals surface area contributed by atoms with Crippen molar-refractivity contribution in [3.63, 3.8) is 0 Å². The first-order chi connectivity index (χ1) is 13.9. The van der Waals surface area contributed by atoms with Gasteiger partial charge in [-0.2, -0.15) is 11.8 Å². The quantitative estimate of drug-likeness (QED) is 0.604. The van der Waals surface area contributed by atoms with Gasteiger partial charge in [-0.3, -0.25) is 0 Å². The van der Waals surface area contributed by atoms with E-state index in [2.05, 4.69) is 43.5 Å². The van der Waals surface area contributed by atoms with Crippen molar-refractivity contribution in [1.29, 1.82) is 0 Å². The van der Waals surface area contributed by atoms with Crippen LogP contribution in [0.5, 0.6) is 0 Å². The average molecular weight is 418 g/mol. The molecule has 1 aliphatic heterocycles. The Labute approximate surface area is 183 Å². The number of nitrogens with zero attached hydrogens (tertiary/aromatic N) is 1. The van der Waals surface area contributed by atoms with E-state index in [0.717, 1.165) is 42.4 Å². The molecule has 1 heterocycles. The lowest BCUT2D eigenvalue weighted by molar-refractivity contribution is -0.0583. The van der Waals surface area contributed by atoms with E-state index in [1.807, 2.05) is 0 Å². The molecule has 5 aliphatic rings. The molecule has 29 heavy (non-hydrogen) atoms. The molecule has 1 unspecified atom stereocenters. The van der Waals surface area contributed by atoms with Crippen molar-refractivity contribution >= 4 is 11.8 Å². The van der Waals surface area contributed by atoms with Gasteiger partial charge in [-0.15, -0.1) is 0 Å². The highest BCUT2D eigenvalue weighted by atomic mass is 32.2. The third-order valence-corrected chi connectivity index (χ3v) is 11.4. The molecular formula is C26H43NOS. The number of rotatable bonds is 3. The zero-order chi connectivity index (χ0) is 20.2. The van der Waals surface area contributed by atoms with Crippen molar-refractivity contribution < 1.29 is 5.11 Å². The summed E-state index contributed by atoms with van der Waals surface area (Å²) in [7, 11) is 0. The molecule has 4 fully saturated rings. The highest BCUT2D eigenvalue weighted by molar-refractivity contribution is 7.99. The lowest BCUT2D eigenvalue weighted by Crippen LogP contribution is -2.51. The highest BCUT2D eigenvalue weighted by Crippen LogP contribution is 2.67. The number of hydrogen-bond acceptors (Lipinski definition) is 3. The first kappa shape index (κ1) is 20.9. The predicted octanol–water partition coefficient (Wildman–Crippen LogP) is 5.61. The Morgan fingerprint density at radius 2 is 1.90 bits per heavy atom. The number of aliphatic hydroxyl groups excluding tert-OH is 1. The minimum absolute atomic E-state index is 0.0790. The predicted molar refractivity (Wildman–Crippen MR) is 124 cm³/mol. The van der Waals surface area contributed by atoms with Crippen LogP contribution in [0.15, 0.2) is 11.6 Å². The molecule has 3 saturated carbocycles. The minimum atomic E-state index is -0.0790. The van der Waals surface area contributed by atoms with Crippen LogP contribution >= 0.6 is 11.8 Å². The van der Waals surface area contributed by atoms with Gasteiger partial charge in [0.05, 0.1) is 6.10 Å². The molecule has 0 bridgehead atoms. The van der Waals surface area contributed by atoms with Crippen molar-refractivity contribution in [2.45, 2.75) is 78.2 Å². The van der Waals surface area contributed by atoms with Crippen LogP contribution in [-0.2, 0) is 0 Å². The summed E-state index contributed by atoms with van der Waals surface area (Å²) in [6.07, 6.45) is 12.8. The van der Waals surface area contributed by atoms with Gasteiger partial charge in [0.25, 0.3) is 0 Å². The summed E-state index contributed by atoms with van der Waals surface area (Å²) in [5.74, 6) is 7.16. The van der Waals surface area contributed by atoms with Crippen LogP contribution in [0.1, 0.15) is 72.1 Å². The van der Waals surface area contributed by atoms with E-state index < -0.39 is 0 Å². The summed E-state index contributed by atoms with van der Waals surface area (Å²) in [5, 5.41) is 10.2. The van der Waals surface area contributed by atoms with Gasteiger partial charge in [-0.05, 0) is 91.8 Å². The first-order valence-corrected chi connectivity index (χ1v) is 13.7. The number of allylic oxidation sites excluding steroid dienone is 1. The highest BCUT2D eigenvalue weighted by Gasteiger charge is 2.59. The van der Waals surface area contributed by atoms with Crippen LogP contribution < -0.4 is 0 Å². The normalized spacial score (nSPS) is 49.0. The molecule has 2 nitrogen and oxygen atoms in total. The van der Waals surface area contributed by atoms with Gasteiger partial charge in [0, 0.05) is 31.1 Å². The minimum Gasteiger partial charge on any atom is -0.393 e. The monoisotopic (exact) mass is 417 g/mol. The maximum absolute atomic E-state index is 10.2. The molecule has 0 amide bonds. The van der Waals surface area contributed by atoms with Crippen molar-refractivity contribution in [3.8, 4) is 0 Å². The van der Waals surface area contributed by atoms with Gasteiger partial charge < -0.3 is 10.0 Å². The molecular weight excluding hydrogens is 374 g/mol. The number of hydrogen-bond donors (Lipinski definition) is 1. The topological polar surface area (TPSA) is 23.5 Å². The maximum atomic E-state index is 10.2. The van der Waals surface area contributed by atoms with Crippen molar-refractivity contribution in [2.24, 2.45) is 40.4 Å². The first-order valence-electron chi connectivity index (χ1n) is 12.6. The largest absolute Gasteiger partial charge is 0.393 e. The molecule has 4 aliphatic carbocycles. The average Bonchev–Trinajstić information content (AvgIpc) is 3.06. The number of fused-ring (bicyclic) bond motifs is 5. The van der Waals surface area contributed by atoms with E-state index in [-0.39, 0.29) is 6.10 Å². The van der Waals surface area contributed by atoms with Crippen LogP contribution in [-0.4, -0.2) is 47.3 Å². The van der Waals surface area contributed by atoms with Gasteiger partial charge in [0.2, 0.25) is 0 Å². The lowest BCUT2D eigenvalue weighted by atomic mass is 9.47. The Bertz CT molecular complexity index is 643. The fourth-order valence-electron chi connectivity index (χ4n) is 8.94. The Morgan fingerprint density at radius 3 is 2.69 bits per heavy atom. The van der Waals surface area contributed by atoms with Gasteiger partial charge in [0.1, 0.15) is 0 Å². The van der Waals surface area contributed by atoms with E-state index in [1.54, 1.807) is 5.57 Å². The van der Waals surface area contributed by atoms with E-state index in [1.165, 1.54) is 69.7 Å². The summed E-state index contributed by atoms with van der Waals surface area (Å²) in [5.41, 5.74) is 2.58. The molecule has 0 aromatic rings. The van der Waals surface area contributed by atoms with Crippen molar-refractivity contribution in [2.75, 3.05) is 31.1 Å². The molecule has 8 atom stereocenters. The molecule has 1 N–H and O–H groups in total. The zero-order valence-electron chi connectivity index (χ0n) is 19.0. The molecule has 164 valence electrons. The molecule has 0 aromatic heterocycles. The third-order valence-electron chi connectivity index (χ3n) is 10.5. The Balaban J connectivity index is 1.33. The third kappa shape index (κ3) is 3.46. The Hall–Kier alpha value is 0.01000. The van der Waals surface area contributed by atoms with Crippen LogP contribution in [0.3, 0.4) is 0 Å². The molecule has 0 radical (unpaired) electrons. The van der Waals surface area contributed by atoms with Gasteiger partial charge >= 0.3 is 0 Å². The Morgan fingerprint density at radius 1 is 1.10 bits per heavy atom. The van der Waals surface area contributed by atoms with Crippen LogP contribution in [0, 0.1) is 40.4 Å². The Kier molecular flexibility index (Phi) is 5.66. The second-order valence-corrected chi connectivity index (χ2v) is 13.0. The summed E-state index contributed by atoms with van der Waals surface area (Å²) in [6, 6.07) is 0. The SMILES string of the molecule is C[C@H](CN1CCSCC1)[C@H]1CC[C@H]2[C@@H]3CC=C4CC(O)CC[C@]4(C)[C@H]3CC[C@]12C. The molecule has 3 heteroatoms. The maximum Gasteiger partial charge on any atom is 0.0577 e. The summed E-state index contributed by atoms with van der Waals surface area (Å²) in [4.78, 5) is 2.76. The van der Waals surface area contributed by atoms with E-state index >= 15 is 0 Å². The standard InChI is InChI=1S/C26H43NOS/c1-18(17-27-12-14-29-15-13-27)22-6-7-23-21-5-4-19-16-20(28)8-10-25(19,2)24(21)9-11-26(22,23)3/h4,18,20-24,28H,5-17H2,1-3H3/t18-,20?,21+,22-,23+,24+,25+,26-/m1/s1. The molecule has 0 spiro atoms. The number of aliphatic hydroxyl groups is 1. The van der Waals surface area contributed by atoms with Gasteiger partial charge in [-0.25, -0.2) is 0 Å².